The second-order valence-corrected chi connectivity index (χ2v) is 6.61. The molecule has 0 amide bonds. The number of carboxylic acids is 1. The molecule has 2 N–H and O–H groups in total. The van der Waals surface area contributed by atoms with Crippen LogP contribution in [0.1, 0.15) is 26.7 Å². The van der Waals surface area contributed by atoms with Crippen LogP contribution in [0.5, 0.6) is 0 Å². The van der Waals surface area contributed by atoms with Gasteiger partial charge in [0.25, 0.3) is 10.2 Å². The van der Waals surface area contributed by atoms with E-state index in [1.807, 2.05) is 13.8 Å². The molecule has 1 heterocycles. The van der Waals surface area contributed by atoms with Crippen molar-refractivity contribution < 1.29 is 23.1 Å². The van der Waals surface area contributed by atoms with Crippen LogP contribution in [0.25, 0.3) is 0 Å². The molecule has 7 nitrogen and oxygen atoms in total. The molecule has 1 fully saturated rings. The van der Waals surface area contributed by atoms with Gasteiger partial charge in [-0.25, -0.2) is 0 Å². The van der Waals surface area contributed by atoms with Crippen molar-refractivity contribution in [3.8, 4) is 0 Å². The summed E-state index contributed by atoms with van der Waals surface area (Å²) in [5, 5.41) is 8.94. The van der Waals surface area contributed by atoms with Crippen LogP contribution in [-0.2, 0) is 19.7 Å². The molecule has 112 valence electrons. The minimum Gasteiger partial charge on any atom is -0.481 e. The predicted octanol–water partition coefficient (Wildman–Crippen LogP) is 0.0424. The first-order chi connectivity index (χ1) is 8.83. The van der Waals surface area contributed by atoms with Gasteiger partial charge in [0.15, 0.2) is 0 Å². The Labute approximate surface area is 114 Å². The summed E-state index contributed by atoms with van der Waals surface area (Å²) in [6, 6.07) is 0. The topological polar surface area (TPSA) is 95.9 Å². The van der Waals surface area contributed by atoms with Gasteiger partial charge in [-0.3, -0.25) is 4.79 Å². The normalized spacial score (nSPS) is 21.7. The molecule has 0 spiro atoms. The van der Waals surface area contributed by atoms with Gasteiger partial charge in [0, 0.05) is 19.6 Å². The highest BCUT2D eigenvalue weighted by atomic mass is 32.2. The fourth-order valence-corrected chi connectivity index (χ4v) is 3.19. The fourth-order valence-electron chi connectivity index (χ4n) is 1.92. The SMILES string of the molecule is CC(C)OCCNS(=O)(=O)N1CCCC(C(=O)O)C1. The molecule has 1 atom stereocenters. The maximum Gasteiger partial charge on any atom is 0.307 e. The number of carboxylic acid groups (broad SMARTS) is 1. The minimum atomic E-state index is -3.61. The summed E-state index contributed by atoms with van der Waals surface area (Å²) in [5.41, 5.74) is 0. The zero-order valence-electron chi connectivity index (χ0n) is 11.3. The Morgan fingerprint density at radius 3 is 2.79 bits per heavy atom. The molecule has 1 saturated heterocycles. The molecule has 1 aliphatic rings. The van der Waals surface area contributed by atoms with Crippen LogP contribution in [0.2, 0.25) is 0 Å². The van der Waals surface area contributed by atoms with Gasteiger partial charge in [0.2, 0.25) is 0 Å². The summed E-state index contributed by atoms with van der Waals surface area (Å²) in [6.07, 6.45) is 1.15. The van der Waals surface area contributed by atoms with Gasteiger partial charge in [-0.2, -0.15) is 17.4 Å². The van der Waals surface area contributed by atoms with Crippen LogP contribution < -0.4 is 4.72 Å². The summed E-state index contributed by atoms with van der Waals surface area (Å²) in [5.74, 6) is -1.56. The minimum absolute atomic E-state index is 0.0374. The van der Waals surface area contributed by atoms with Crippen LogP contribution in [0, 0.1) is 5.92 Å². The van der Waals surface area contributed by atoms with Crippen molar-refractivity contribution >= 4 is 16.2 Å². The third kappa shape index (κ3) is 5.43. The first kappa shape index (κ1) is 16.4. The third-order valence-electron chi connectivity index (χ3n) is 2.91. The standard InChI is InChI=1S/C11H22N2O5S/c1-9(2)18-7-5-12-19(16,17)13-6-3-4-10(8-13)11(14)15/h9-10,12H,3-8H2,1-2H3,(H,14,15). The Bertz CT molecular complexity index is 396. The quantitative estimate of drug-likeness (QED) is 0.646. The Balaban J connectivity index is 2.45. The Kier molecular flexibility index (Phi) is 6.18. The Morgan fingerprint density at radius 1 is 1.53 bits per heavy atom. The molecular formula is C11H22N2O5S. The molecule has 0 aromatic rings. The molecule has 1 rings (SSSR count). The van der Waals surface area contributed by atoms with Crippen LogP contribution >= 0.6 is 0 Å². The number of carbonyl (C=O) groups is 1. The largest absolute Gasteiger partial charge is 0.481 e. The summed E-state index contributed by atoms with van der Waals surface area (Å²) < 4.78 is 32.8. The number of aliphatic carboxylic acids is 1. The number of ether oxygens (including phenoxy) is 1. The summed E-state index contributed by atoms with van der Waals surface area (Å²) >= 11 is 0. The number of nitrogens with one attached hydrogen (secondary N) is 1. The van der Waals surface area contributed by atoms with E-state index in [9.17, 15) is 13.2 Å². The Hall–Kier alpha value is -0.700. The van der Waals surface area contributed by atoms with Gasteiger partial charge in [-0.1, -0.05) is 0 Å². The maximum atomic E-state index is 12.0. The van der Waals surface area contributed by atoms with E-state index >= 15 is 0 Å². The van der Waals surface area contributed by atoms with E-state index in [2.05, 4.69) is 4.72 Å². The van der Waals surface area contributed by atoms with E-state index in [0.717, 1.165) is 0 Å². The number of rotatable bonds is 7. The van der Waals surface area contributed by atoms with Crippen molar-refractivity contribution in [2.24, 2.45) is 5.92 Å². The zero-order chi connectivity index (χ0) is 14.5. The molecule has 8 heteroatoms. The molecule has 0 radical (unpaired) electrons. The van der Waals surface area contributed by atoms with Crippen LogP contribution in [-0.4, -0.2) is 56.1 Å². The van der Waals surface area contributed by atoms with Crippen LogP contribution in [0.4, 0.5) is 0 Å². The smallest absolute Gasteiger partial charge is 0.307 e. The molecule has 0 aromatic carbocycles. The van der Waals surface area contributed by atoms with Crippen LogP contribution in [0.15, 0.2) is 0 Å². The van der Waals surface area contributed by atoms with Gasteiger partial charge in [-0.15, -0.1) is 0 Å². The van der Waals surface area contributed by atoms with Crippen molar-refractivity contribution in [2.75, 3.05) is 26.2 Å². The molecule has 1 unspecified atom stereocenters. The third-order valence-corrected chi connectivity index (χ3v) is 4.49. The summed E-state index contributed by atoms with van der Waals surface area (Å²) in [6.45, 7) is 4.63. The highest BCUT2D eigenvalue weighted by Crippen LogP contribution is 2.18. The van der Waals surface area contributed by atoms with Crippen LogP contribution in [0.3, 0.4) is 0 Å². The van der Waals surface area contributed by atoms with Crippen molar-refractivity contribution in [3.63, 3.8) is 0 Å². The van der Waals surface area contributed by atoms with E-state index < -0.39 is 22.1 Å². The number of hydrogen-bond donors (Lipinski definition) is 2. The highest BCUT2D eigenvalue weighted by molar-refractivity contribution is 7.87. The van der Waals surface area contributed by atoms with Gasteiger partial charge >= 0.3 is 5.97 Å². The highest BCUT2D eigenvalue weighted by Gasteiger charge is 2.31. The lowest BCUT2D eigenvalue weighted by Gasteiger charge is -2.29. The first-order valence-electron chi connectivity index (χ1n) is 6.42. The second-order valence-electron chi connectivity index (χ2n) is 4.85. The molecule has 19 heavy (non-hydrogen) atoms. The number of piperidine rings is 1. The van der Waals surface area contributed by atoms with E-state index in [1.165, 1.54) is 4.31 Å². The lowest BCUT2D eigenvalue weighted by Crippen LogP contribution is -2.48. The van der Waals surface area contributed by atoms with E-state index in [4.69, 9.17) is 9.84 Å². The van der Waals surface area contributed by atoms with Gasteiger partial charge in [-0.05, 0) is 26.7 Å². The molecule has 0 bridgehead atoms. The van der Waals surface area contributed by atoms with E-state index in [-0.39, 0.29) is 19.2 Å². The molecular weight excluding hydrogens is 272 g/mol. The lowest BCUT2D eigenvalue weighted by molar-refractivity contribution is -0.142. The average molecular weight is 294 g/mol. The van der Waals surface area contributed by atoms with Gasteiger partial charge in [0.05, 0.1) is 18.6 Å². The molecule has 0 aliphatic carbocycles. The van der Waals surface area contributed by atoms with Gasteiger partial charge < -0.3 is 9.84 Å². The fraction of sp³-hybridized carbons (Fsp3) is 0.909. The second kappa shape index (κ2) is 7.18. The average Bonchev–Trinajstić information content (AvgIpc) is 2.34. The van der Waals surface area contributed by atoms with Crippen molar-refractivity contribution in [2.45, 2.75) is 32.8 Å². The zero-order valence-corrected chi connectivity index (χ0v) is 12.1. The van der Waals surface area contributed by atoms with Crippen molar-refractivity contribution in [1.29, 1.82) is 0 Å². The van der Waals surface area contributed by atoms with E-state index in [0.29, 0.717) is 26.0 Å². The summed E-state index contributed by atoms with van der Waals surface area (Å²) in [7, 11) is -3.61. The molecule has 0 aromatic heterocycles. The summed E-state index contributed by atoms with van der Waals surface area (Å²) in [4.78, 5) is 10.9. The first-order valence-corrected chi connectivity index (χ1v) is 7.86. The van der Waals surface area contributed by atoms with E-state index in [1.54, 1.807) is 0 Å². The molecule has 1 aliphatic heterocycles. The van der Waals surface area contributed by atoms with Crippen molar-refractivity contribution in [3.05, 3.63) is 0 Å². The number of nitrogens with zero attached hydrogens (tertiary/aromatic N) is 1. The van der Waals surface area contributed by atoms with Crippen molar-refractivity contribution in [1.82, 2.24) is 9.03 Å². The predicted molar refractivity (Wildman–Crippen MR) is 69.9 cm³/mol. The monoisotopic (exact) mass is 294 g/mol. The number of hydrogen-bond acceptors (Lipinski definition) is 4. The maximum absolute atomic E-state index is 12.0. The molecule has 0 saturated carbocycles. The van der Waals surface area contributed by atoms with Gasteiger partial charge in [0.1, 0.15) is 0 Å². The Morgan fingerprint density at radius 2 is 2.21 bits per heavy atom. The lowest BCUT2D eigenvalue weighted by atomic mass is 10.0.